The van der Waals surface area contributed by atoms with Crippen molar-refractivity contribution < 1.29 is 0 Å². The third-order valence-corrected chi connectivity index (χ3v) is 4.93. The molecule has 2 rings (SSSR count). The van der Waals surface area contributed by atoms with Crippen LogP contribution in [0.5, 0.6) is 0 Å². The third-order valence-electron chi connectivity index (χ3n) is 4.93. The van der Waals surface area contributed by atoms with Gasteiger partial charge in [-0.1, -0.05) is 34.1 Å². The van der Waals surface area contributed by atoms with Crippen LogP contribution in [-0.2, 0) is 13.1 Å². The molecule has 0 aromatic carbocycles. The highest BCUT2D eigenvalue weighted by atomic mass is 15.4. The minimum atomic E-state index is 0.576. The lowest BCUT2D eigenvalue weighted by atomic mass is 9.92. The summed E-state index contributed by atoms with van der Waals surface area (Å²) >= 11 is 0. The molecule has 0 spiro atoms. The van der Waals surface area contributed by atoms with Gasteiger partial charge in [0.2, 0.25) is 0 Å². The third kappa shape index (κ3) is 3.83. The van der Waals surface area contributed by atoms with Gasteiger partial charge in [-0.15, -0.1) is 0 Å². The summed E-state index contributed by atoms with van der Waals surface area (Å²) in [6.07, 6.45) is 2.90. The second-order valence-electron chi connectivity index (χ2n) is 6.63. The first-order chi connectivity index (χ1) is 10.1. The number of hydrogen-bond donors (Lipinski definition) is 1. The molecule has 1 saturated heterocycles. The topological polar surface area (TPSA) is 46.0 Å². The molecule has 0 bridgehead atoms. The summed E-state index contributed by atoms with van der Waals surface area (Å²) in [7, 11) is 0. The Kier molecular flexibility index (Phi) is 5.76. The number of nitrogens with one attached hydrogen (secondary N) is 1. The van der Waals surface area contributed by atoms with Crippen molar-refractivity contribution in [2.24, 2.45) is 11.8 Å². The number of rotatable bonds is 6. The van der Waals surface area contributed by atoms with E-state index in [-0.39, 0.29) is 0 Å². The Balaban J connectivity index is 2.10. The highest BCUT2D eigenvalue weighted by molar-refractivity contribution is 4.93. The van der Waals surface area contributed by atoms with E-state index in [0.29, 0.717) is 23.9 Å². The van der Waals surface area contributed by atoms with Gasteiger partial charge < -0.3 is 5.32 Å². The molecule has 0 aliphatic carbocycles. The molecule has 1 aromatic rings. The van der Waals surface area contributed by atoms with Gasteiger partial charge in [-0.2, -0.15) is 5.10 Å². The number of aryl methyl sites for hydroxylation is 1. The van der Waals surface area contributed by atoms with Gasteiger partial charge in [0, 0.05) is 31.7 Å². The highest BCUT2D eigenvalue weighted by Crippen LogP contribution is 2.21. The predicted octanol–water partition coefficient (Wildman–Crippen LogP) is 2.14. The van der Waals surface area contributed by atoms with Crippen LogP contribution in [0.2, 0.25) is 0 Å². The molecule has 3 atom stereocenters. The molecule has 0 saturated carbocycles. The van der Waals surface area contributed by atoms with Crippen molar-refractivity contribution in [2.75, 3.05) is 13.1 Å². The molecule has 1 N–H and O–H groups in total. The van der Waals surface area contributed by atoms with Crippen LogP contribution in [0.3, 0.4) is 0 Å². The van der Waals surface area contributed by atoms with Gasteiger partial charge in [-0.25, -0.2) is 9.67 Å². The Labute approximate surface area is 129 Å². The average molecular weight is 293 g/mol. The predicted molar refractivity (Wildman–Crippen MR) is 86.0 cm³/mol. The normalized spacial score (nSPS) is 25.4. The summed E-state index contributed by atoms with van der Waals surface area (Å²) in [6, 6.07) is 1.16. The van der Waals surface area contributed by atoms with Crippen LogP contribution in [0.15, 0.2) is 6.33 Å². The zero-order chi connectivity index (χ0) is 15.4. The van der Waals surface area contributed by atoms with Crippen LogP contribution in [0.25, 0.3) is 0 Å². The van der Waals surface area contributed by atoms with E-state index < -0.39 is 0 Å². The summed E-state index contributed by atoms with van der Waals surface area (Å²) in [5.41, 5.74) is 0. The first-order valence-corrected chi connectivity index (χ1v) is 8.40. The van der Waals surface area contributed by atoms with Crippen LogP contribution in [0.4, 0.5) is 0 Å². The van der Waals surface area contributed by atoms with Gasteiger partial charge >= 0.3 is 0 Å². The molecule has 120 valence electrons. The van der Waals surface area contributed by atoms with E-state index in [1.165, 1.54) is 6.42 Å². The van der Waals surface area contributed by atoms with Crippen LogP contribution in [-0.4, -0.2) is 44.8 Å². The van der Waals surface area contributed by atoms with Crippen molar-refractivity contribution in [3.63, 3.8) is 0 Å². The number of nitrogens with zero attached hydrogens (tertiary/aromatic N) is 4. The molecule has 1 aliphatic heterocycles. The minimum absolute atomic E-state index is 0.576. The second-order valence-corrected chi connectivity index (χ2v) is 6.63. The Hall–Kier alpha value is -0.940. The van der Waals surface area contributed by atoms with Crippen LogP contribution in [0, 0.1) is 11.8 Å². The molecule has 3 unspecified atom stereocenters. The van der Waals surface area contributed by atoms with Crippen molar-refractivity contribution in [3.05, 3.63) is 12.2 Å². The highest BCUT2D eigenvalue weighted by Gasteiger charge is 2.32. The van der Waals surface area contributed by atoms with E-state index in [9.17, 15) is 0 Å². The summed E-state index contributed by atoms with van der Waals surface area (Å²) < 4.78 is 2.01. The molecule has 5 nitrogen and oxygen atoms in total. The van der Waals surface area contributed by atoms with Crippen LogP contribution in [0.1, 0.15) is 46.9 Å². The summed E-state index contributed by atoms with van der Waals surface area (Å²) in [4.78, 5) is 7.06. The van der Waals surface area contributed by atoms with E-state index in [4.69, 9.17) is 0 Å². The standard InChI is InChI=1S/C16H31N5/c1-6-13(5)14-9-20(15(8-17-14)12(3)4)10-16-18-11-19-21(16)7-2/h11-15,17H,6-10H2,1-5H3. The Morgan fingerprint density at radius 3 is 2.71 bits per heavy atom. The maximum absolute atomic E-state index is 4.45. The molecule has 0 radical (unpaired) electrons. The van der Waals surface area contributed by atoms with Crippen molar-refractivity contribution >= 4 is 0 Å². The Morgan fingerprint density at radius 2 is 2.10 bits per heavy atom. The SMILES string of the molecule is CCC(C)C1CN(Cc2ncnn2CC)C(C(C)C)CN1. The Morgan fingerprint density at radius 1 is 1.33 bits per heavy atom. The number of aromatic nitrogens is 3. The van der Waals surface area contributed by atoms with Gasteiger partial charge in [0.1, 0.15) is 12.2 Å². The quantitative estimate of drug-likeness (QED) is 0.873. The van der Waals surface area contributed by atoms with Crippen molar-refractivity contribution in [1.82, 2.24) is 25.0 Å². The van der Waals surface area contributed by atoms with E-state index in [1.807, 2.05) is 4.68 Å². The molecule has 1 aliphatic rings. The lowest BCUT2D eigenvalue weighted by molar-refractivity contribution is 0.0717. The van der Waals surface area contributed by atoms with Crippen molar-refractivity contribution in [2.45, 2.75) is 66.2 Å². The lowest BCUT2D eigenvalue weighted by Gasteiger charge is -2.44. The van der Waals surface area contributed by atoms with E-state index in [1.54, 1.807) is 6.33 Å². The fourth-order valence-corrected chi connectivity index (χ4v) is 3.21. The molecule has 1 fully saturated rings. The average Bonchev–Trinajstić information content (AvgIpc) is 2.93. The number of piperazine rings is 1. The van der Waals surface area contributed by atoms with Gasteiger partial charge in [-0.05, 0) is 18.8 Å². The lowest BCUT2D eigenvalue weighted by Crippen LogP contribution is -2.59. The van der Waals surface area contributed by atoms with Crippen molar-refractivity contribution in [1.29, 1.82) is 0 Å². The fraction of sp³-hybridized carbons (Fsp3) is 0.875. The van der Waals surface area contributed by atoms with Gasteiger partial charge in [-0.3, -0.25) is 4.90 Å². The van der Waals surface area contributed by atoms with E-state index >= 15 is 0 Å². The van der Waals surface area contributed by atoms with E-state index in [2.05, 4.69) is 54.9 Å². The Bertz CT molecular complexity index is 428. The van der Waals surface area contributed by atoms with Crippen LogP contribution >= 0.6 is 0 Å². The van der Waals surface area contributed by atoms with Gasteiger partial charge in [0.15, 0.2) is 0 Å². The first kappa shape index (κ1) is 16.4. The largest absolute Gasteiger partial charge is 0.311 e. The van der Waals surface area contributed by atoms with Gasteiger partial charge in [0.05, 0.1) is 6.54 Å². The summed E-state index contributed by atoms with van der Waals surface area (Å²) in [6.45, 7) is 15.4. The van der Waals surface area contributed by atoms with Crippen LogP contribution < -0.4 is 5.32 Å². The maximum Gasteiger partial charge on any atom is 0.141 e. The van der Waals surface area contributed by atoms with E-state index in [0.717, 1.165) is 32.0 Å². The van der Waals surface area contributed by atoms with Gasteiger partial charge in [0.25, 0.3) is 0 Å². The first-order valence-electron chi connectivity index (χ1n) is 8.40. The van der Waals surface area contributed by atoms with Crippen molar-refractivity contribution in [3.8, 4) is 0 Å². The zero-order valence-electron chi connectivity index (χ0n) is 14.2. The fourth-order valence-electron chi connectivity index (χ4n) is 3.21. The molecule has 5 heteroatoms. The molecule has 2 heterocycles. The second kappa shape index (κ2) is 7.36. The minimum Gasteiger partial charge on any atom is -0.311 e. The monoisotopic (exact) mass is 293 g/mol. The summed E-state index contributed by atoms with van der Waals surface area (Å²) in [5, 5.41) is 8.06. The molecule has 21 heavy (non-hydrogen) atoms. The smallest absolute Gasteiger partial charge is 0.141 e. The zero-order valence-corrected chi connectivity index (χ0v) is 14.2. The number of hydrogen-bond acceptors (Lipinski definition) is 4. The maximum atomic E-state index is 4.45. The molecule has 1 aromatic heterocycles. The summed E-state index contributed by atoms with van der Waals surface area (Å²) in [5.74, 6) is 2.45. The molecular weight excluding hydrogens is 262 g/mol. The molecular formula is C16H31N5. The molecule has 0 amide bonds.